The fourth-order valence-electron chi connectivity index (χ4n) is 3.40. The molecule has 0 saturated carbocycles. The first kappa shape index (κ1) is 18.4. The van der Waals surface area contributed by atoms with Crippen LogP contribution in [0.5, 0.6) is 11.5 Å². The van der Waals surface area contributed by atoms with E-state index in [2.05, 4.69) is 21.2 Å². The summed E-state index contributed by atoms with van der Waals surface area (Å²) in [4.78, 5) is 27.1. The second kappa shape index (κ2) is 7.20. The van der Waals surface area contributed by atoms with Crippen LogP contribution in [0.1, 0.15) is 18.5 Å². The smallest absolute Gasteiger partial charge is 0.337 e. The number of benzene rings is 2. The van der Waals surface area contributed by atoms with E-state index < -0.39 is 12.0 Å². The average molecular weight is 445 g/mol. The predicted octanol–water partition coefficient (Wildman–Crippen LogP) is 3.90. The molecule has 1 N–H and O–H groups in total. The number of nitrogens with zero attached hydrogens (tertiary/aromatic N) is 1. The standard InChI is InChI=1S/C20H17BrN2O5/c1-11-17(19(24)26-2)18(13-5-3-4-6-14(13)21)22-20(25)23(11)12-7-8-15-16(9-12)28-10-27-15/h3-9,18H,10H2,1-2H3,(H,22,25)/t18-/m1/s1. The van der Waals surface area contributed by atoms with E-state index in [0.29, 0.717) is 28.5 Å². The highest BCUT2D eigenvalue weighted by molar-refractivity contribution is 9.10. The van der Waals surface area contributed by atoms with Gasteiger partial charge in [-0.05, 0) is 30.7 Å². The van der Waals surface area contributed by atoms with Crippen molar-refractivity contribution in [3.8, 4) is 11.5 Å². The van der Waals surface area contributed by atoms with Crippen molar-refractivity contribution in [3.05, 3.63) is 63.8 Å². The Hall–Kier alpha value is -3.00. The minimum absolute atomic E-state index is 0.136. The Morgan fingerprint density at radius 2 is 1.96 bits per heavy atom. The number of ether oxygens (including phenoxy) is 3. The fraction of sp³-hybridized carbons (Fsp3) is 0.200. The molecule has 0 radical (unpaired) electrons. The number of anilines is 1. The van der Waals surface area contributed by atoms with Gasteiger partial charge in [0.1, 0.15) is 0 Å². The third-order valence-electron chi connectivity index (χ3n) is 4.72. The third kappa shape index (κ3) is 2.99. The highest BCUT2D eigenvalue weighted by Gasteiger charge is 2.38. The van der Waals surface area contributed by atoms with Crippen molar-refractivity contribution >= 4 is 33.6 Å². The highest BCUT2D eigenvalue weighted by atomic mass is 79.9. The molecule has 0 saturated heterocycles. The number of amides is 2. The van der Waals surface area contributed by atoms with Gasteiger partial charge in [0.05, 0.1) is 24.4 Å². The molecule has 2 aromatic rings. The lowest BCUT2D eigenvalue weighted by Crippen LogP contribution is -2.48. The van der Waals surface area contributed by atoms with Crippen LogP contribution >= 0.6 is 15.9 Å². The maximum Gasteiger partial charge on any atom is 0.337 e. The number of methoxy groups -OCH3 is 1. The number of fused-ring (bicyclic) bond motifs is 1. The number of allylic oxidation sites excluding steroid dienone is 1. The van der Waals surface area contributed by atoms with Gasteiger partial charge in [-0.25, -0.2) is 9.59 Å². The van der Waals surface area contributed by atoms with E-state index in [1.165, 1.54) is 12.0 Å². The van der Waals surface area contributed by atoms with E-state index >= 15 is 0 Å². The van der Waals surface area contributed by atoms with Gasteiger partial charge in [0, 0.05) is 16.2 Å². The molecule has 0 bridgehead atoms. The van der Waals surface area contributed by atoms with Crippen LogP contribution < -0.4 is 19.7 Å². The van der Waals surface area contributed by atoms with Crippen LogP contribution in [0, 0.1) is 0 Å². The van der Waals surface area contributed by atoms with E-state index in [4.69, 9.17) is 14.2 Å². The maximum absolute atomic E-state index is 13.0. The van der Waals surface area contributed by atoms with E-state index in [1.54, 1.807) is 25.1 Å². The fourth-order valence-corrected chi connectivity index (χ4v) is 3.91. The van der Waals surface area contributed by atoms with Crippen LogP contribution in [-0.4, -0.2) is 25.9 Å². The molecule has 2 amide bonds. The molecule has 144 valence electrons. The Balaban J connectivity index is 1.84. The van der Waals surface area contributed by atoms with Gasteiger partial charge in [-0.3, -0.25) is 4.90 Å². The monoisotopic (exact) mass is 444 g/mol. The first-order chi connectivity index (χ1) is 13.5. The van der Waals surface area contributed by atoms with Gasteiger partial charge < -0.3 is 19.5 Å². The van der Waals surface area contributed by atoms with Gasteiger partial charge >= 0.3 is 12.0 Å². The van der Waals surface area contributed by atoms with Crippen LogP contribution in [0.15, 0.2) is 58.2 Å². The van der Waals surface area contributed by atoms with Crippen molar-refractivity contribution in [2.75, 3.05) is 18.8 Å². The van der Waals surface area contributed by atoms with Crippen molar-refractivity contribution in [2.45, 2.75) is 13.0 Å². The molecule has 2 aliphatic rings. The average Bonchev–Trinajstić information content (AvgIpc) is 3.15. The van der Waals surface area contributed by atoms with Gasteiger partial charge in [-0.2, -0.15) is 0 Å². The summed E-state index contributed by atoms with van der Waals surface area (Å²) in [6.07, 6.45) is 0. The second-order valence-corrected chi connectivity index (χ2v) is 7.12. The lowest BCUT2D eigenvalue weighted by Gasteiger charge is -2.35. The zero-order valence-electron chi connectivity index (χ0n) is 15.2. The number of rotatable bonds is 3. The van der Waals surface area contributed by atoms with Crippen molar-refractivity contribution in [1.82, 2.24) is 5.32 Å². The minimum Gasteiger partial charge on any atom is -0.466 e. The van der Waals surface area contributed by atoms with E-state index in [0.717, 1.165) is 10.0 Å². The molecule has 7 nitrogen and oxygen atoms in total. The van der Waals surface area contributed by atoms with Gasteiger partial charge in [0.2, 0.25) is 6.79 Å². The summed E-state index contributed by atoms with van der Waals surface area (Å²) in [5, 5.41) is 2.91. The number of urea groups is 1. The molecule has 8 heteroatoms. The molecule has 0 aromatic heterocycles. The molecule has 1 atom stereocenters. The molecular weight excluding hydrogens is 428 g/mol. The topological polar surface area (TPSA) is 77.1 Å². The van der Waals surface area contributed by atoms with Gasteiger partial charge in [0.25, 0.3) is 0 Å². The normalized spacial score (nSPS) is 18.2. The summed E-state index contributed by atoms with van der Waals surface area (Å²) in [6.45, 7) is 1.86. The molecule has 4 rings (SSSR count). The zero-order chi connectivity index (χ0) is 19.8. The number of hydrogen-bond acceptors (Lipinski definition) is 5. The number of halogens is 1. The molecule has 2 aromatic carbocycles. The van der Waals surface area contributed by atoms with Crippen LogP contribution in [0.4, 0.5) is 10.5 Å². The van der Waals surface area contributed by atoms with Crippen molar-refractivity contribution < 1.29 is 23.8 Å². The number of esters is 1. The molecule has 2 heterocycles. The Labute approximate surface area is 170 Å². The molecule has 0 aliphatic carbocycles. The summed E-state index contributed by atoms with van der Waals surface area (Å²) in [5.41, 5.74) is 2.16. The Kier molecular flexibility index (Phi) is 4.72. The lowest BCUT2D eigenvalue weighted by molar-refractivity contribution is -0.136. The number of hydrogen-bond donors (Lipinski definition) is 1. The van der Waals surface area contributed by atoms with Crippen molar-refractivity contribution in [3.63, 3.8) is 0 Å². The van der Waals surface area contributed by atoms with Gasteiger partial charge in [-0.1, -0.05) is 34.1 Å². The minimum atomic E-state index is -0.638. The van der Waals surface area contributed by atoms with Crippen molar-refractivity contribution in [2.24, 2.45) is 0 Å². The number of nitrogens with one attached hydrogen (secondary N) is 1. The molecule has 28 heavy (non-hydrogen) atoms. The van der Waals surface area contributed by atoms with Gasteiger partial charge in [-0.15, -0.1) is 0 Å². The SMILES string of the molecule is COC(=O)C1=C(C)N(c2ccc3c(c2)OCO3)C(=O)N[C@@H]1c1ccccc1Br. The lowest BCUT2D eigenvalue weighted by atomic mass is 9.94. The maximum atomic E-state index is 13.0. The molecular formula is C20H17BrN2O5. The highest BCUT2D eigenvalue weighted by Crippen LogP contribution is 2.40. The van der Waals surface area contributed by atoms with E-state index in [-0.39, 0.29) is 12.8 Å². The summed E-state index contributed by atoms with van der Waals surface area (Å²) >= 11 is 3.49. The predicted molar refractivity (Wildman–Crippen MR) is 105 cm³/mol. The molecule has 0 fully saturated rings. The molecule has 0 unspecified atom stereocenters. The number of carbonyl (C=O) groups excluding carboxylic acids is 2. The first-order valence-electron chi connectivity index (χ1n) is 8.55. The largest absolute Gasteiger partial charge is 0.466 e. The Morgan fingerprint density at radius 1 is 1.21 bits per heavy atom. The summed E-state index contributed by atoms with van der Waals surface area (Å²) in [7, 11) is 1.32. The Bertz CT molecular complexity index is 1000. The Morgan fingerprint density at radius 3 is 2.71 bits per heavy atom. The van der Waals surface area contributed by atoms with Crippen LogP contribution in [-0.2, 0) is 9.53 Å². The summed E-state index contributed by atoms with van der Waals surface area (Å²) < 4.78 is 16.5. The molecule has 0 spiro atoms. The quantitative estimate of drug-likeness (QED) is 0.726. The zero-order valence-corrected chi connectivity index (χ0v) is 16.8. The molecule has 2 aliphatic heterocycles. The summed E-state index contributed by atoms with van der Waals surface area (Å²) in [6, 6.07) is 11.6. The van der Waals surface area contributed by atoms with Gasteiger partial charge in [0.15, 0.2) is 11.5 Å². The second-order valence-electron chi connectivity index (χ2n) is 6.27. The third-order valence-corrected chi connectivity index (χ3v) is 5.44. The number of carbonyl (C=O) groups is 2. The van der Waals surface area contributed by atoms with Crippen molar-refractivity contribution in [1.29, 1.82) is 0 Å². The van der Waals surface area contributed by atoms with Crippen LogP contribution in [0.3, 0.4) is 0 Å². The van der Waals surface area contributed by atoms with E-state index in [9.17, 15) is 9.59 Å². The van der Waals surface area contributed by atoms with E-state index in [1.807, 2.05) is 24.3 Å². The summed E-state index contributed by atoms with van der Waals surface area (Å²) in [5.74, 6) is 0.650. The van der Waals surface area contributed by atoms with Crippen LogP contribution in [0.2, 0.25) is 0 Å². The first-order valence-corrected chi connectivity index (χ1v) is 9.34. The van der Waals surface area contributed by atoms with Crippen LogP contribution in [0.25, 0.3) is 0 Å².